The standard InChI is InChI=1S/C17H25BrN2O2/c1-11-7-14(18)8-13(17(11)19-12(2)21)10-20(3)15-5-4-6-16(22)9-15/h7-8,15-16,22H,4-6,9-10H2,1-3H3,(H,19,21)/t15-,16+/m1/s1. The number of carbonyl (C=O) groups excluding carboxylic acids is 1. The number of hydrogen-bond donors (Lipinski definition) is 2. The Morgan fingerprint density at radius 3 is 2.82 bits per heavy atom. The van der Waals surface area contributed by atoms with Crippen LogP contribution in [-0.2, 0) is 11.3 Å². The van der Waals surface area contributed by atoms with Crippen molar-refractivity contribution in [3.63, 3.8) is 0 Å². The van der Waals surface area contributed by atoms with Crippen LogP contribution in [0.1, 0.15) is 43.7 Å². The first kappa shape index (κ1) is 17.4. The summed E-state index contributed by atoms with van der Waals surface area (Å²) in [7, 11) is 2.09. The van der Waals surface area contributed by atoms with Gasteiger partial charge in [0.2, 0.25) is 5.91 Å². The molecular weight excluding hydrogens is 344 g/mol. The summed E-state index contributed by atoms with van der Waals surface area (Å²) < 4.78 is 1.02. The summed E-state index contributed by atoms with van der Waals surface area (Å²) >= 11 is 3.54. The summed E-state index contributed by atoms with van der Waals surface area (Å²) in [5.41, 5.74) is 3.06. The van der Waals surface area contributed by atoms with Gasteiger partial charge in [0.25, 0.3) is 0 Å². The molecule has 22 heavy (non-hydrogen) atoms. The van der Waals surface area contributed by atoms with Gasteiger partial charge in [-0.05, 0) is 62.9 Å². The fraction of sp³-hybridized carbons (Fsp3) is 0.588. The zero-order chi connectivity index (χ0) is 16.3. The van der Waals surface area contributed by atoms with Crippen molar-refractivity contribution in [2.45, 2.75) is 58.2 Å². The smallest absolute Gasteiger partial charge is 0.221 e. The van der Waals surface area contributed by atoms with E-state index in [0.717, 1.165) is 53.5 Å². The number of nitrogens with zero attached hydrogens (tertiary/aromatic N) is 1. The molecule has 2 rings (SSSR count). The van der Waals surface area contributed by atoms with E-state index in [9.17, 15) is 9.90 Å². The topological polar surface area (TPSA) is 52.6 Å². The second kappa shape index (κ2) is 7.57. The van der Waals surface area contributed by atoms with Crippen molar-refractivity contribution >= 4 is 27.5 Å². The van der Waals surface area contributed by atoms with Crippen LogP contribution >= 0.6 is 15.9 Å². The van der Waals surface area contributed by atoms with E-state index < -0.39 is 0 Å². The Morgan fingerprint density at radius 1 is 1.45 bits per heavy atom. The average molecular weight is 369 g/mol. The molecule has 0 aromatic heterocycles. The van der Waals surface area contributed by atoms with E-state index in [2.05, 4.69) is 39.3 Å². The Kier molecular flexibility index (Phi) is 6.01. The van der Waals surface area contributed by atoms with Gasteiger partial charge in [-0.3, -0.25) is 9.69 Å². The summed E-state index contributed by atoms with van der Waals surface area (Å²) in [6.45, 7) is 4.30. The lowest BCUT2D eigenvalue weighted by Crippen LogP contribution is -2.37. The van der Waals surface area contributed by atoms with Crippen molar-refractivity contribution < 1.29 is 9.90 Å². The van der Waals surface area contributed by atoms with Gasteiger partial charge >= 0.3 is 0 Å². The van der Waals surface area contributed by atoms with Gasteiger partial charge in [-0.2, -0.15) is 0 Å². The summed E-state index contributed by atoms with van der Waals surface area (Å²) in [6, 6.07) is 4.47. The van der Waals surface area contributed by atoms with Gasteiger partial charge in [-0.25, -0.2) is 0 Å². The number of aryl methyl sites for hydroxylation is 1. The maximum atomic E-state index is 11.5. The maximum absolute atomic E-state index is 11.5. The minimum atomic E-state index is -0.180. The van der Waals surface area contributed by atoms with Crippen LogP contribution in [-0.4, -0.2) is 35.1 Å². The number of anilines is 1. The van der Waals surface area contributed by atoms with E-state index in [1.54, 1.807) is 0 Å². The molecule has 0 saturated heterocycles. The van der Waals surface area contributed by atoms with E-state index in [0.29, 0.717) is 6.04 Å². The van der Waals surface area contributed by atoms with Gasteiger partial charge < -0.3 is 10.4 Å². The van der Waals surface area contributed by atoms with Gasteiger partial charge in [0.15, 0.2) is 0 Å². The molecule has 4 nitrogen and oxygen atoms in total. The molecule has 0 aliphatic heterocycles. The highest BCUT2D eigenvalue weighted by molar-refractivity contribution is 9.10. The van der Waals surface area contributed by atoms with Crippen LogP contribution in [0.3, 0.4) is 0 Å². The quantitative estimate of drug-likeness (QED) is 0.855. The third-order valence-electron chi connectivity index (χ3n) is 4.34. The number of halogens is 1. The van der Waals surface area contributed by atoms with Crippen LogP contribution < -0.4 is 5.32 Å². The molecular formula is C17H25BrN2O2. The minimum absolute atomic E-state index is 0.0533. The fourth-order valence-electron chi connectivity index (χ4n) is 3.23. The highest BCUT2D eigenvalue weighted by Crippen LogP contribution is 2.29. The molecule has 1 aliphatic carbocycles. The van der Waals surface area contributed by atoms with Gasteiger partial charge in [0.05, 0.1) is 6.10 Å². The molecule has 1 amide bonds. The first-order chi connectivity index (χ1) is 10.4. The van der Waals surface area contributed by atoms with E-state index in [-0.39, 0.29) is 12.0 Å². The number of benzene rings is 1. The molecule has 2 N–H and O–H groups in total. The molecule has 0 heterocycles. The van der Waals surface area contributed by atoms with Crippen LogP contribution in [0.15, 0.2) is 16.6 Å². The molecule has 1 aliphatic rings. The number of aliphatic hydroxyl groups is 1. The summed E-state index contributed by atoms with van der Waals surface area (Å²) in [6.07, 6.45) is 3.76. The number of nitrogens with one attached hydrogen (secondary N) is 1. The minimum Gasteiger partial charge on any atom is -0.393 e. The SMILES string of the molecule is CC(=O)Nc1c(C)cc(Br)cc1CN(C)[C@@H]1CCC[C@H](O)C1. The first-order valence-corrected chi connectivity index (χ1v) is 8.61. The van der Waals surface area contributed by atoms with Crippen LogP contribution in [0, 0.1) is 6.92 Å². The highest BCUT2D eigenvalue weighted by atomic mass is 79.9. The van der Waals surface area contributed by atoms with Crippen molar-refractivity contribution in [1.82, 2.24) is 4.90 Å². The third kappa shape index (κ3) is 4.54. The molecule has 5 heteroatoms. The number of amides is 1. The van der Waals surface area contributed by atoms with E-state index in [4.69, 9.17) is 0 Å². The molecule has 1 fully saturated rings. The lowest BCUT2D eigenvalue weighted by Gasteiger charge is -2.34. The number of rotatable bonds is 4. The monoisotopic (exact) mass is 368 g/mol. The molecule has 0 spiro atoms. The largest absolute Gasteiger partial charge is 0.393 e. The molecule has 0 bridgehead atoms. The highest BCUT2D eigenvalue weighted by Gasteiger charge is 2.24. The lowest BCUT2D eigenvalue weighted by molar-refractivity contribution is -0.114. The zero-order valence-corrected chi connectivity index (χ0v) is 15.1. The Hall–Kier alpha value is -0.910. The number of aliphatic hydroxyl groups excluding tert-OH is 1. The molecule has 1 aromatic carbocycles. The van der Waals surface area contributed by atoms with Crippen molar-refractivity contribution in [3.8, 4) is 0 Å². The Morgan fingerprint density at radius 2 is 2.18 bits per heavy atom. The number of hydrogen-bond acceptors (Lipinski definition) is 3. The maximum Gasteiger partial charge on any atom is 0.221 e. The Bertz CT molecular complexity index is 548. The first-order valence-electron chi connectivity index (χ1n) is 7.81. The molecule has 0 radical (unpaired) electrons. The second-order valence-electron chi connectivity index (χ2n) is 6.33. The Balaban J connectivity index is 2.18. The van der Waals surface area contributed by atoms with E-state index >= 15 is 0 Å². The van der Waals surface area contributed by atoms with Crippen LogP contribution in [0.2, 0.25) is 0 Å². The molecule has 1 saturated carbocycles. The fourth-order valence-corrected chi connectivity index (χ4v) is 3.85. The average Bonchev–Trinajstić information content (AvgIpc) is 2.42. The molecule has 122 valence electrons. The Labute approximate surface area is 141 Å². The van der Waals surface area contributed by atoms with Crippen LogP contribution in [0.5, 0.6) is 0 Å². The third-order valence-corrected chi connectivity index (χ3v) is 4.80. The van der Waals surface area contributed by atoms with Crippen LogP contribution in [0.4, 0.5) is 5.69 Å². The zero-order valence-electron chi connectivity index (χ0n) is 13.5. The normalized spacial score (nSPS) is 21.9. The predicted octanol–water partition coefficient (Wildman–Crippen LogP) is 3.45. The second-order valence-corrected chi connectivity index (χ2v) is 7.24. The van der Waals surface area contributed by atoms with Crippen molar-refractivity contribution in [2.75, 3.05) is 12.4 Å². The predicted molar refractivity (Wildman–Crippen MR) is 92.9 cm³/mol. The van der Waals surface area contributed by atoms with E-state index in [1.165, 1.54) is 6.92 Å². The molecule has 0 unspecified atom stereocenters. The summed E-state index contributed by atoms with van der Waals surface area (Å²) in [5.74, 6) is -0.0533. The summed E-state index contributed by atoms with van der Waals surface area (Å²) in [5, 5.41) is 12.8. The van der Waals surface area contributed by atoms with Gasteiger partial charge in [0, 0.05) is 29.7 Å². The van der Waals surface area contributed by atoms with E-state index in [1.807, 2.05) is 13.0 Å². The lowest BCUT2D eigenvalue weighted by atomic mass is 9.92. The van der Waals surface area contributed by atoms with Crippen molar-refractivity contribution in [1.29, 1.82) is 0 Å². The number of carbonyl (C=O) groups is 1. The van der Waals surface area contributed by atoms with Crippen molar-refractivity contribution in [2.24, 2.45) is 0 Å². The van der Waals surface area contributed by atoms with Gasteiger partial charge in [-0.15, -0.1) is 0 Å². The molecule has 1 aromatic rings. The van der Waals surface area contributed by atoms with Gasteiger partial charge in [-0.1, -0.05) is 15.9 Å². The van der Waals surface area contributed by atoms with Crippen LogP contribution in [0.25, 0.3) is 0 Å². The van der Waals surface area contributed by atoms with Gasteiger partial charge in [0.1, 0.15) is 0 Å². The summed E-state index contributed by atoms with van der Waals surface area (Å²) in [4.78, 5) is 13.8. The van der Waals surface area contributed by atoms with Crippen molar-refractivity contribution in [3.05, 3.63) is 27.7 Å². The molecule has 2 atom stereocenters.